The van der Waals surface area contributed by atoms with Gasteiger partial charge in [0.15, 0.2) is 0 Å². The van der Waals surface area contributed by atoms with Gasteiger partial charge in [0.25, 0.3) is 0 Å². The fourth-order valence-electron chi connectivity index (χ4n) is 1.92. The molecule has 0 spiro atoms. The zero-order valence-corrected chi connectivity index (χ0v) is 8.62. The molecule has 1 aliphatic heterocycles. The molecule has 1 aromatic carbocycles. The molecule has 76 valence electrons. The molecule has 0 saturated heterocycles. The van der Waals surface area contributed by atoms with E-state index in [-0.39, 0.29) is 0 Å². The number of fused-ring (bicyclic) bond motifs is 1. The molecule has 0 amide bonds. The summed E-state index contributed by atoms with van der Waals surface area (Å²) in [5.41, 5.74) is 2.74. The number of hydrogen-bond donors (Lipinski definition) is 1. The van der Waals surface area contributed by atoms with Crippen molar-refractivity contribution >= 4 is 5.69 Å². The molecular formula is C12H17NO. The fourth-order valence-corrected chi connectivity index (χ4v) is 1.92. The van der Waals surface area contributed by atoms with Crippen LogP contribution in [0.5, 0.6) is 0 Å². The van der Waals surface area contributed by atoms with Crippen LogP contribution in [0.2, 0.25) is 0 Å². The Morgan fingerprint density at radius 3 is 3.07 bits per heavy atom. The van der Waals surface area contributed by atoms with E-state index in [0.717, 1.165) is 26.1 Å². The van der Waals surface area contributed by atoms with Crippen LogP contribution in [0.1, 0.15) is 18.9 Å². The monoisotopic (exact) mass is 191 g/mol. The lowest BCUT2D eigenvalue weighted by Gasteiger charge is -2.10. The van der Waals surface area contributed by atoms with Gasteiger partial charge >= 0.3 is 0 Å². The van der Waals surface area contributed by atoms with Crippen LogP contribution in [0.15, 0.2) is 24.3 Å². The van der Waals surface area contributed by atoms with E-state index in [9.17, 15) is 0 Å². The van der Waals surface area contributed by atoms with Crippen LogP contribution in [0, 0.1) is 0 Å². The molecule has 0 fully saturated rings. The van der Waals surface area contributed by atoms with Crippen molar-refractivity contribution < 1.29 is 4.74 Å². The molecule has 1 aliphatic rings. The molecule has 1 aromatic rings. The van der Waals surface area contributed by atoms with Gasteiger partial charge in [0.05, 0.1) is 0 Å². The average Bonchev–Trinajstić information content (AvgIpc) is 2.60. The van der Waals surface area contributed by atoms with E-state index in [4.69, 9.17) is 4.74 Å². The Balaban J connectivity index is 1.86. The fraction of sp³-hybridized carbons (Fsp3) is 0.500. The summed E-state index contributed by atoms with van der Waals surface area (Å²) in [6.45, 7) is 3.72. The Morgan fingerprint density at radius 2 is 2.29 bits per heavy atom. The zero-order valence-electron chi connectivity index (χ0n) is 8.62. The van der Waals surface area contributed by atoms with Gasteiger partial charge in [-0.05, 0) is 31.4 Å². The maximum Gasteiger partial charge on any atom is 0.0485 e. The van der Waals surface area contributed by atoms with Crippen molar-refractivity contribution in [3.05, 3.63) is 29.8 Å². The Hall–Kier alpha value is -1.02. The highest BCUT2D eigenvalue weighted by atomic mass is 16.5. The third-order valence-electron chi connectivity index (χ3n) is 2.66. The summed E-state index contributed by atoms with van der Waals surface area (Å²) in [6.07, 6.45) is 2.24. The quantitative estimate of drug-likeness (QED) is 0.738. The SMILES string of the molecule is CCOCCC1Cc2ccccc2N1. The van der Waals surface area contributed by atoms with Gasteiger partial charge in [0.1, 0.15) is 0 Å². The Morgan fingerprint density at radius 1 is 1.43 bits per heavy atom. The highest BCUT2D eigenvalue weighted by molar-refractivity contribution is 5.56. The normalized spacial score (nSPS) is 19.1. The average molecular weight is 191 g/mol. The first-order valence-corrected chi connectivity index (χ1v) is 5.32. The van der Waals surface area contributed by atoms with Crippen LogP contribution in [0.4, 0.5) is 5.69 Å². The van der Waals surface area contributed by atoms with E-state index in [1.807, 2.05) is 6.92 Å². The topological polar surface area (TPSA) is 21.3 Å². The number of nitrogens with one attached hydrogen (secondary N) is 1. The number of hydrogen-bond acceptors (Lipinski definition) is 2. The minimum atomic E-state index is 0.568. The van der Waals surface area contributed by atoms with Crippen molar-refractivity contribution in [1.82, 2.24) is 0 Å². The van der Waals surface area contributed by atoms with Gasteiger partial charge in [0, 0.05) is 24.9 Å². The molecule has 2 heteroatoms. The van der Waals surface area contributed by atoms with Gasteiger partial charge in [0.2, 0.25) is 0 Å². The summed E-state index contributed by atoms with van der Waals surface area (Å²) in [5.74, 6) is 0. The highest BCUT2D eigenvalue weighted by Crippen LogP contribution is 2.26. The van der Waals surface area contributed by atoms with Crippen LogP contribution in [-0.2, 0) is 11.2 Å². The van der Waals surface area contributed by atoms with Crippen molar-refractivity contribution in [3.63, 3.8) is 0 Å². The van der Waals surface area contributed by atoms with Crippen LogP contribution in [0.25, 0.3) is 0 Å². The van der Waals surface area contributed by atoms with E-state index in [0.29, 0.717) is 6.04 Å². The largest absolute Gasteiger partial charge is 0.382 e. The van der Waals surface area contributed by atoms with Crippen molar-refractivity contribution in [3.8, 4) is 0 Å². The molecule has 1 N–H and O–H groups in total. The highest BCUT2D eigenvalue weighted by Gasteiger charge is 2.18. The summed E-state index contributed by atoms with van der Waals surface area (Å²) >= 11 is 0. The van der Waals surface area contributed by atoms with Gasteiger partial charge in [-0.3, -0.25) is 0 Å². The van der Waals surface area contributed by atoms with Gasteiger partial charge in [-0.15, -0.1) is 0 Å². The molecule has 0 aromatic heterocycles. The van der Waals surface area contributed by atoms with Gasteiger partial charge in [-0.2, -0.15) is 0 Å². The lowest BCUT2D eigenvalue weighted by molar-refractivity contribution is 0.141. The third kappa shape index (κ3) is 2.07. The Kier molecular flexibility index (Phi) is 3.04. The van der Waals surface area contributed by atoms with Crippen molar-refractivity contribution in [1.29, 1.82) is 0 Å². The van der Waals surface area contributed by atoms with Crippen LogP contribution in [0.3, 0.4) is 0 Å². The molecule has 2 nitrogen and oxygen atoms in total. The van der Waals surface area contributed by atoms with Gasteiger partial charge < -0.3 is 10.1 Å². The predicted octanol–water partition coefficient (Wildman–Crippen LogP) is 2.45. The smallest absolute Gasteiger partial charge is 0.0485 e. The molecule has 0 bridgehead atoms. The van der Waals surface area contributed by atoms with E-state index < -0.39 is 0 Å². The first-order valence-electron chi connectivity index (χ1n) is 5.32. The first-order chi connectivity index (χ1) is 6.90. The second kappa shape index (κ2) is 4.47. The van der Waals surface area contributed by atoms with Crippen LogP contribution >= 0.6 is 0 Å². The molecule has 0 aliphatic carbocycles. The number of para-hydroxylation sites is 1. The maximum atomic E-state index is 5.35. The molecule has 0 radical (unpaired) electrons. The van der Waals surface area contributed by atoms with Crippen molar-refractivity contribution in [2.75, 3.05) is 18.5 Å². The molecule has 2 rings (SSSR count). The minimum Gasteiger partial charge on any atom is -0.382 e. The van der Waals surface area contributed by atoms with Gasteiger partial charge in [-0.25, -0.2) is 0 Å². The zero-order chi connectivity index (χ0) is 9.80. The Bertz CT molecular complexity index is 273. The molecule has 1 unspecified atom stereocenters. The van der Waals surface area contributed by atoms with Crippen molar-refractivity contribution in [2.45, 2.75) is 25.8 Å². The van der Waals surface area contributed by atoms with E-state index in [2.05, 4.69) is 29.6 Å². The van der Waals surface area contributed by atoms with Gasteiger partial charge in [-0.1, -0.05) is 18.2 Å². The van der Waals surface area contributed by atoms with Crippen LogP contribution in [-0.4, -0.2) is 19.3 Å². The molecule has 1 atom stereocenters. The predicted molar refractivity (Wildman–Crippen MR) is 58.7 cm³/mol. The molecule has 0 saturated carbocycles. The number of ether oxygens (including phenoxy) is 1. The Labute approximate surface area is 85.3 Å². The number of rotatable bonds is 4. The summed E-state index contributed by atoms with van der Waals surface area (Å²) in [7, 11) is 0. The third-order valence-corrected chi connectivity index (χ3v) is 2.66. The van der Waals surface area contributed by atoms with Crippen LogP contribution < -0.4 is 5.32 Å². The number of anilines is 1. The molecule has 1 heterocycles. The number of benzene rings is 1. The van der Waals surface area contributed by atoms with Crippen molar-refractivity contribution in [2.24, 2.45) is 0 Å². The maximum absolute atomic E-state index is 5.35. The minimum absolute atomic E-state index is 0.568. The van der Waals surface area contributed by atoms with E-state index in [1.165, 1.54) is 11.3 Å². The molecular weight excluding hydrogens is 174 g/mol. The summed E-state index contributed by atoms with van der Waals surface area (Å²) in [4.78, 5) is 0. The lowest BCUT2D eigenvalue weighted by Crippen LogP contribution is -2.17. The lowest BCUT2D eigenvalue weighted by atomic mass is 10.1. The summed E-state index contributed by atoms with van der Waals surface area (Å²) < 4.78 is 5.35. The second-order valence-electron chi connectivity index (χ2n) is 3.69. The van der Waals surface area contributed by atoms with E-state index in [1.54, 1.807) is 0 Å². The first kappa shape index (κ1) is 9.53. The summed E-state index contributed by atoms with van der Waals surface area (Å²) in [6, 6.07) is 9.10. The standard InChI is InChI=1S/C12H17NO/c1-2-14-8-7-11-9-10-5-3-4-6-12(10)13-11/h3-6,11,13H,2,7-9H2,1H3. The second-order valence-corrected chi connectivity index (χ2v) is 3.69. The molecule has 14 heavy (non-hydrogen) atoms. The van der Waals surface area contributed by atoms with E-state index >= 15 is 0 Å². The summed E-state index contributed by atoms with van der Waals surface area (Å²) in [5, 5.41) is 3.51.